The molecule has 0 aliphatic carbocycles. The smallest absolute Gasteiger partial charge is 0.258 e. The second kappa shape index (κ2) is 8.68. The monoisotopic (exact) mass is 380 g/mol. The van der Waals surface area contributed by atoms with Crippen LogP contribution in [0.3, 0.4) is 0 Å². The van der Waals surface area contributed by atoms with E-state index < -0.39 is 5.66 Å². The maximum absolute atomic E-state index is 13.4. The zero-order chi connectivity index (χ0) is 20.1. The SMILES string of the molecule is CCCCN1C(=O)c2ccccc2NC1(CC)c1ccc(OCC(C)C)cc1. The largest absolute Gasteiger partial charge is 0.493 e. The topological polar surface area (TPSA) is 41.6 Å². The molecule has 1 amide bonds. The van der Waals surface area contributed by atoms with Crippen molar-refractivity contribution in [1.82, 2.24) is 4.90 Å². The molecule has 0 saturated heterocycles. The summed E-state index contributed by atoms with van der Waals surface area (Å²) >= 11 is 0. The van der Waals surface area contributed by atoms with Crippen LogP contribution in [0.4, 0.5) is 5.69 Å². The number of hydrogen-bond acceptors (Lipinski definition) is 3. The molecule has 1 atom stereocenters. The summed E-state index contributed by atoms with van der Waals surface area (Å²) in [6, 6.07) is 16.0. The third kappa shape index (κ3) is 3.87. The van der Waals surface area contributed by atoms with E-state index in [4.69, 9.17) is 4.74 Å². The van der Waals surface area contributed by atoms with E-state index in [2.05, 4.69) is 45.1 Å². The van der Waals surface area contributed by atoms with Crippen LogP contribution in [0.25, 0.3) is 0 Å². The van der Waals surface area contributed by atoms with Gasteiger partial charge < -0.3 is 15.0 Å². The number of fused-ring (bicyclic) bond motifs is 1. The molecule has 4 nitrogen and oxygen atoms in total. The molecule has 1 aliphatic rings. The average Bonchev–Trinajstić information content (AvgIpc) is 2.72. The van der Waals surface area contributed by atoms with Crippen molar-refractivity contribution in [3.05, 3.63) is 59.7 Å². The maximum atomic E-state index is 13.4. The first-order valence-electron chi connectivity index (χ1n) is 10.4. The van der Waals surface area contributed by atoms with Crippen molar-refractivity contribution in [1.29, 1.82) is 0 Å². The van der Waals surface area contributed by atoms with Crippen molar-refractivity contribution in [2.24, 2.45) is 5.92 Å². The first-order chi connectivity index (χ1) is 13.5. The lowest BCUT2D eigenvalue weighted by molar-refractivity contribution is 0.0478. The number of amides is 1. The number of benzene rings is 2. The number of unbranched alkanes of at least 4 members (excludes halogenated alkanes) is 1. The summed E-state index contributed by atoms with van der Waals surface area (Å²) in [6.45, 7) is 10.0. The lowest BCUT2D eigenvalue weighted by Gasteiger charge is -2.48. The molecule has 4 heteroatoms. The van der Waals surface area contributed by atoms with Crippen LogP contribution in [0.2, 0.25) is 0 Å². The van der Waals surface area contributed by atoms with E-state index in [0.717, 1.165) is 48.4 Å². The van der Waals surface area contributed by atoms with Gasteiger partial charge in [-0.1, -0.05) is 58.4 Å². The van der Waals surface area contributed by atoms with E-state index >= 15 is 0 Å². The number of para-hydroxylation sites is 1. The molecule has 0 bridgehead atoms. The molecule has 150 valence electrons. The molecule has 1 aliphatic heterocycles. The summed E-state index contributed by atoms with van der Waals surface area (Å²) in [7, 11) is 0. The van der Waals surface area contributed by atoms with Crippen molar-refractivity contribution in [2.75, 3.05) is 18.5 Å². The maximum Gasteiger partial charge on any atom is 0.258 e. The molecule has 0 spiro atoms. The van der Waals surface area contributed by atoms with Crippen molar-refractivity contribution in [2.45, 2.75) is 52.6 Å². The number of carbonyl (C=O) groups excluding carboxylic acids is 1. The van der Waals surface area contributed by atoms with E-state index in [0.29, 0.717) is 12.5 Å². The minimum atomic E-state index is -0.544. The summed E-state index contributed by atoms with van der Waals surface area (Å²) in [5, 5.41) is 3.70. The van der Waals surface area contributed by atoms with Crippen LogP contribution in [-0.2, 0) is 5.66 Å². The third-order valence-electron chi connectivity index (χ3n) is 5.37. The van der Waals surface area contributed by atoms with Crippen LogP contribution < -0.4 is 10.1 Å². The number of hydrogen-bond donors (Lipinski definition) is 1. The van der Waals surface area contributed by atoms with Gasteiger partial charge in [-0.05, 0) is 48.6 Å². The van der Waals surface area contributed by atoms with E-state index in [1.54, 1.807) is 0 Å². The molecule has 1 N–H and O–H groups in total. The Balaban J connectivity index is 1.99. The highest BCUT2D eigenvalue weighted by Crippen LogP contribution is 2.40. The van der Waals surface area contributed by atoms with Crippen molar-refractivity contribution < 1.29 is 9.53 Å². The number of rotatable bonds is 8. The van der Waals surface area contributed by atoms with E-state index in [1.807, 2.05) is 41.3 Å². The molecule has 1 unspecified atom stereocenters. The van der Waals surface area contributed by atoms with Crippen molar-refractivity contribution >= 4 is 11.6 Å². The fraction of sp³-hybridized carbons (Fsp3) is 0.458. The highest BCUT2D eigenvalue weighted by molar-refractivity contribution is 6.02. The number of anilines is 1. The minimum absolute atomic E-state index is 0.102. The Morgan fingerprint density at radius 1 is 1.07 bits per heavy atom. The summed E-state index contributed by atoms with van der Waals surface area (Å²) in [4.78, 5) is 15.4. The summed E-state index contributed by atoms with van der Waals surface area (Å²) in [5.41, 5.74) is 2.20. The predicted octanol–water partition coefficient (Wildman–Crippen LogP) is 5.65. The molecule has 2 aromatic rings. The third-order valence-corrected chi connectivity index (χ3v) is 5.37. The Morgan fingerprint density at radius 3 is 2.43 bits per heavy atom. The molecule has 0 fully saturated rings. The van der Waals surface area contributed by atoms with Gasteiger partial charge in [0.25, 0.3) is 5.91 Å². The van der Waals surface area contributed by atoms with Crippen LogP contribution >= 0.6 is 0 Å². The van der Waals surface area contributed by atoms with Gasteiger partial charge in [0.2, 0.25) is 0 Å². The van der Waals surface area contributed by atoms with Gasteiger partial charge in [-0.2, -0.15) is 0 Å². The molecule has 0 radical (unpaired) electrons. The summed E-state index contributed by atoms with van der Waals surface area (Å²) in [5.74, 6) is 1.46. The number of nitrogens with zero attached hydrogens (tertiary/aromatic N) is 1. The zero-order valence-corrected chi connectivity index (χ0v) is 17.5. The van der Waals surface area contributed by atoms with E-state index in [1.165, 1.54) is 0 Å². The van der Waals surface area contributed by atoms with Gasteiger partial charge in [-0.15, -0.1) is 0 Å². The second-order valence-corrected chi connectivity index (χ2v) is 7.92. The Kier molecular flexibility index (Phi) is 6.28. The first kappa shape index (κ1) is 20.2. The number of ether oxygens (including phenoxy) is 1. The fourth-order valence-electron chi connectivity index (χ4n) is 3.80. The molecule has 3 rings (SSSR count). The number of carbonyl (C=O) groups is 1. The van der Waals surface area contributed by atoms with Crippen molar-refractivity contribution in [3.8, 4) is 5.75 Å². The standard InChI is InChI=1S/C24H32N2O2/c1-5-7-16-26-23(27)21-10-8-9-11-22(21)25-24(26,6-2)19-12-14-20(15-13-19)28-17-18(3)4/h8-15,18,25H,5-7,16-17H2,1-4H3. The van der Waals surface area contributed by atoms with Crippen LogP contribution in [0.15, 0.2) is 48.5 Å². The van der Waals surface area contributed by atoms with Gasteiger partial charge >= 0.3 is 0 Å². The molecular weight excluding hydrogens is 348 g/mol. The van der Waals surface area contributed by atoms with Gasteiger partial charge in [-0.25, -0.2) is 0 Å². The average molecular weight is 381 g/mol. The van der Waals surface area contributed by atoms with Crippen LogP contribution in [0.1, 0.15) is 62.9 Å². The van der Waals surface area contributed by atoms with E-state index in [-0.39, 0.29) is 5.91 Å². The molecule has 2 aromatic carbocycles. The molecule has 0 aromatic heterocycles. The Morgan fingerprint density at radius 2 is 1.79 bits per heavy atom. The Hall–Kier alpha value is -2.49. The highest BCUT2D eigenvalue weighted by Gasteiger charge is 2.44. The fourth-order valence-corrected chi connectivity index (χ4v) is 3.80. The lowest BCUT2D eigenvalue weighted by Crippen LogP contribution is -2.57. The van der Waals surface area contributed by atoms with Gasteiger partial charge in [0.15, 0.2) is 0 Å². The highest BCUT2D eigenvalue weighted by atomic mass is 16.5. The number of nitrogens with one attached hydrogen (secondary N) is 1. The van der Waals surface area contributed by atoms with Gasteiger partial charge in [0, 0.05) is 12.2 Å². The van der Waals surface area contributed by atoms with E-state index in [9.17, 15) is 4.79 Å². The molecule has 0 saturated carbocycles. The molecule has 1 heterocycles. The molecular formula is C24H32N2O2. The summed E-state index contributed by atoms with van der Waals surface area (Å²) in [6.07, 6.45) is 2.81. The van der Waals surface area contributed by atoms with Crippen LogP contribution in [0.5, 0.6) is 5.75 Å². The summed E-state index contributed by atoms with van der Waals surface area (Å²) < 4.78 is 5.84. The van der Waals surface area contributed by atoms with Gasteiger partial charge in [0.05, 0.1) is 12.2 Å². The predicted molar refractivity (Wildman–Crippen MR) is 115 cm³/mol. The van der Waals surface area contributed by atoms with Gasteiger partial charge in [-0.3, -0.25) is 4.79 Å². The lowest BCUT2D eigenvalue weighted by atomic mass is 9.89. The second-order valence-electron chi connectivity index (χ2n) is 7.92. The minimum Gasteiger partial charge on any atom is -0.493 e. The quantitative estimate of drug-likeness (QED) is 0.643. The van der Waals surface area contributed by atoms with Crippen LogP contribution in [0, 0.1) is 5.92 Å². The van der Waals surface area contributed by atoms with Crippen molar-refractivity contribution in [3.63, 3.8) is 0 Å². The van der Waals surface area contributed by atoms with Gasteiger partial charge in [0.1, 0.15) is 11.4 Å². The van der Waals surface area contributed by atoms with Crippen LogP contribution in [-0.4, -0.2) is 24.0 Å². The zero-order valence-electron chi connectivity index (χ0n) is 17.5. The molecule has 28 heavy (non-hydrogen) atoms. The first-order valence-corrected chi connectivity index (χ1v) is 10.4. The Labute approximate surface area is 168 Å². The Bertz CT molecular complexity index is 801. The normalized spacial score (nSPS) is 18.8.